The van der Waals surface area contributed by atoms with Gasteiger partial charge in [-0.1, -0.05) is 18.2 Å². The van der Waals surface area contributed by atoms with Gasteiger partial charge in [0.05, 0.1) is 11.4 Å². The van der Waals surface area contributed by atoms with Gasteiger partial charge in [-0.3, -0.25) is 14.3 Å². The van der Waals surface area contributed by atoms with Crippen molar-refractivity contribution < 1.29 is 4.79 Å². The van der Waals surface area contributed by atoms with Gasteiger partial charge in [0.25, 0.3) is 11.5 Å². The molecule has 2 aromatic heterocycles. The molecule has 1 atom stereocenters. The number of rotatable bonds is 2. The first-order valence-corrected chi connectivity index (χ1v) is 8.00. The van der Waals surface area contributed by atoms with Crippen LogP contribution in [0.2, 0.25) is 0 Å². The molecule has 1 N–H and O–H groups in total. The number of fused-ring (bicyclic) bond motifs is 1. The summed E-state index contributed by atoms with van der Waals surface area (Å²) < 4.78 is 1.90. The van der Waals surface area contributed by atoms with E-state index in [1.54, 1.807) is 29.3 Å². The average Bonchev–Trinajstić information content (AvgIpc) is 3.17. The lowest BCUT2D eigenvalue weighted by Crippen LogP contribution is -2.41. The van der Waals surface area contributed by atoms with Gasteiger partial charge in [-0.05, 0) is 25.0 Å². The summed E-state index contributed by atoms with van der Waals surface area (Å²) in [5.74, 6) is -0.153. The summed E-state index contributed by atoms with van der Waals surface area (Å²) in [4.78, 5) is 26.6. The van der Waals surface area contributed by atoms with E-state index in [0.29, 0.717) is 29.6 Å². The van der Waals surface area contributed by atoms with Gasteiger partial charge in [0.1, 0.15) is 0 Å². The lowest BCUT2D eigenvalue weighted by Gasteiger charge is -2.32. The van der Waals surface area contributed by atoms with Crippen molar-refractivity contribution in [3.63, 3.8) is 0 Å². The third-order valence-electron chi connectivity index (χ3n) is 4.48. The molecule has 0 radical (unpaired) electrons. The average molecular weight is 323 g/mol. The predicted molar refractivity (Wildman–Crippen MR) is 88.8 cm³/mol. The molecule has 3 heterocycles. The van der Waals surface area contributed by atoms with Crippen molar-refractivity contribution in [1.82, 2.24) is 24.9 Å². The molecule has 24 heavy (non-hydrogen) atoms. The minimum absolute atomic E-state index is 0.153. The number of likely N-dealkylation sites (tertiary alicyclic amines) is 1. The van der Waals surface area contributed by atoms with Crippen LogP contribution in [0.15, 0.2) is 47.5 Å². The Morgan fingerprint density at radius 1 is 1.21 bits per heavy atom. The Kier molecular flexibility index (Phi) is 3.60. The number of piperidine rings is 1. The van der Waals surface area contributed by atoms with Crippen LogP contribution in [0.1, 0.15) is 29.4 Å². The fourth-order valence-corrected chi connectivity index (χ4v) is 3.28. The van der Waals surface area contributed by atoms with Crippen molar-refractivity contribution in [2.45, 2.75) is 18.9 Å². The molecule has 7 nitrogen and oxygen atoms in total. The Morgan fingerprint density at radius 2 is 2.04 bits per heavy atom. The lowest BCUT2D eigenvalue weighted by molar-refractivity contribution is 0.0668. The quantitative estimate of drug-likeness (QED) is 0.776. The van der Waals surface area contributed by atoms with Gasteiger partial charge >= 0.3 is 0 Å². The zero-order valence-electron chi connectivity index (χ0n) is 13.1. The normalized spacial score (nSPS) is 18.0. The molecule has 0 unspecified atom stereocenters. The molecule has 3 aromatic rings. The number of nitrogens with zero attached hydrogens (tertiary/aromatic N) is 4. The first kappa shape index (κ1) is 14.6. The SMILES string of the molecule is O=C(c1n[nH]c(=O)c2ccccc12)N1CCC[C@@H](n2cccn2)C1. The Labute approximate surface area is 137 Å². The van der Waals surface area contributed by atoms with Gasteiger partial charge < -0.3 is 4.90 Å². The lowest BCUT2D eigenvalue weighted by atomic mass is 10.0. The van der Waals surface area contributed by atoms with Crippen molar-refractivity contribution >= 4 is 16.7 Å². The van der Waals surface area contributed by atoms with Gasteiger partial charge in [0, 0.05) is 30.9 Å². The van der Waals surface area contributed by atoms with Crippen LogP contribution in [-0.2, 0) is 0 Å². The number of carbonyl (C=O) groups excluding carboxylic acids is 1. The minimum Gasteiger partial charge on any atom is -0.335 e. The largest absolute Gasteiger partial charge is 0.335 e. The molecule has 1 fully saturated rings. The maximum Gasteiger partial charge on any atom is 0.275 e. The summed E-state index contributed by atoms with van der Waals surface area (Å²) in [6, 6.07) is 9.11. The zero-order valence-corrected chi connectivity index (χ0v) is 13.1. The fourth-order valence-electron chi connectivity index (χ4n) is 3.28. The molecular formula is C17H17N5O2. The topological polar surface area (TPSA) is 83.9 Å². The Bertz CT molecular complexity index is 932. The predicted octanol–water partition coefficient (Wildman–Crippen LogP) is 1.60. The second-order valence-corrected chi connectivity index (χ2v) is 5.98. The van der Waals surface area contributed by atoms with Crippen molar-refractivity contribution in [3.8, 4) is 0 Å². The van der Waals surface area contributed by atoms with Crippen LogP contribution in [-0.4, -0.2) is 43.9 Å². The van der Waals surface area contributed by atoms with E-state index in [1.807, 2.05) is 23.0 Å². The highest BCUT2D eigenvalue weighted by atomic mass is 16.2. The van der Waals surface area contributed by atoms with Crippen LogP contribution >= 0.6 is 0 Å². The highest BCUT2D eigenvalue weighted by Gasteiger charge is 2.27. The van der Waals surface area contributed by atoms with Crippen molar-refractivity contribution in [3.05, 3.63) is 58.8 Å². The standard InChI is InChI=1S/C17H17N5O2/c23-16-14-7-2-1-6-13(14)15(19-20-16)17(24)21-9-3-5-12(11-21)22-10-4-8-18-22/h1-2,4,6-8,10,12H,3,5,9,11H2,(H,20,23)/t12-/m1/s1. The molecule has 1 amide bonds. The van der Waals surface area contributed by atoms with Crippen LogP contribution in [0.25, 0.3) is 10.8 Å². The third kappa shape index (κ3) is 2.47. The molecule has 1 aliphatic rings. The molecule has 4 rings (SSSR count). The van der Waals surface area contributed by atoms with Crippen molar-refractivity contribution in [1.29, 1.82) is 0 Å². The second kappa shape index (κ2) is 5.92. The number of H-pyrrole nitrogens is 1. The minimum atomic E-state index is -0.282. The molecule has 1 aliphatic heterocycles. The van der Waals surface area contributed by atoms with Crippen LogP contribution in [0.3, 0.4) is 0 Å². The molecule has 1 aromatic carbocycles. The Hall–Kier alpha value is -2.96. The van der Waals surface area contributed by atoms with Crippen LogP contribution < -0.4 is 5.56 Å². The number of nitrogens with one attached hydrogen (secondary N) is 1. The maximum atomic E-state index is 13.0. The summed E-state index contributed by atoms with van der Waals surface area (Å²) in [5.41, 5.74) is 0.0153. The number of carbonyl (C=O) groups is 1. The number of aromatic nitrogens is 4. The molecule has 0 spiro atoms. The second-order valence-electron chi connectivity index (χ2n) is 5.98. The van der Waals surface area contributed by atoms with Gasteiger partial charge in [0.15, 0.2) is 5.69 Å². The highest BCUT2D eigenvalue weighted by molar-refractivity contribution is 6.04. The summed E-state index contributed by atoms with van der Waals surface area (Å²) in [6.07, 6.45) is 5.58. The smallest absolute Gasteiger partial charge is 0.275 e. The number of amides is 1. The summed E-state index contributed by atoms with van der Waals surface area (Å²) in [6.45, 7) is 1.28. The molecule has 0 aliphatic carbocycles. The van der Waals surface area contributed by atoms with Crippen molar-refractivity contribution in [2.24, 2.45) is 0 Å². The number of hydrogen-bond acceptors (Lipinski definition) is 4. The number of aromatic amines is 1. The van der Waals surface area contributed by atoms with Crippen LogP contribution in [0.4, 0.5) is 0 Å². The first-order chi connectivity index (χ1) is 11.7. The fraction of sp³-hybridized carbons (Fsp3) is 0.294. The molecular weight excluding hydrogens is 306 g/mol. The number of hydrogen-bond donors (Lipinski definition) is 1. The van der Waals surface area contributed by atoms with E-state index in [9.17, 15) is 9.59 Å². The molecule has 122 valence electrons. The third-order valence-corrected chi connectivity index (χ3v) is 4.48. The van der Waals surface area contributed by atoms with E-state index < -0.39 is 0 Å². The Morgan fingerprint density at radius 3 is 2.83 bits per heavy atom. The van der Waals surface area contributed by atoms with E-state index in [2.05, 4.69) is 15.3 Å². The van der Waals surface area contributed by atoms with Gasteiger partial charge in [-0.25, -0.2) is 5.10 Å². The maximum absolute atomic E-state index is 13.0. The van der Waals surface area contributed by atoms with Crippen LogP contribution in [0.5, 0.6) is 0 Å². The van der Waals surface area contributed by atoms with E-state index in [-0.39, 0.29) is 17.5 Å². The molecule has 0 bridgehead atoms. The molecule has 7 heteroatoms. The zero-order chi connectivity index (χ0) is 16.5. The summed E-state index contributed by atoms with van der Waals surface area (Å²) >= 11 is 0. The molecule has 0 saturated carbocycles. The van der Waals surface area contributed by atoms with E-state index >= 15 is 0 Å². The summed E-state index contributed by atoms with van der Waals surface area (Å²) in [5, 5.41) is 11.8. The monoisotopic (exact) mass is 323 g/mol. The van der Waals surface area contributed by atoms with E-state index in [4.69, 9.17) is 0 Å². The number of benzene rings is 1. The first-order valence-electron chi connectivity index (χ1n) is 8.00. The van der Waals surface area contributed by atoms with Gasteiger partial charge in [-0.2, -0.15) is 10.2 Å². The van der Waals surface area contributed by atoms with E-state index in [0.717, 1.165) is 12.8 Å². The highest BCUT2D eigenvalue weighted by Crippen LogP contribution is 2.23. The summed E-state index contributed by atoms with van der Waals surface area (Å²) in [7, 11) is 0. The Balaban J connectivity index is 1.66. The van der Waals surface area contributed by atoms with Crippen LogP contribution in [0, 0.1) is 0 Å². The van der Waals surface area contributed by atoms with Gasteiger partial charge in [0.2, 0.25) is 0 Å². The van der Waals surface area contributed by atoms with Crippen molar-refractivity contribution in [2.75, 3.05) is 13.1 Å². The van der Waals surface area contributed by atoms with E-state index in [1.165, 1.54) is 0 Å². The van der Waals surface area contributed by atoms with Gasteiger partial charge in [-0.15, -0.1) is 0 Å². The molecule has 1 saturated heterocycles.